The Morgan fingerprint density at radius 1 is 0.923 bits per heavy atom. The second kappa shape index (κ2) is 11.1. The number of hydrogen-bond donors (Lipinski definition) is 0. The van der Waals surface area contributed by atoms with Crippen LogP contribution < -0.4 is 24.8 Å². The van der Waals surface area contributed by atoms with Gasteiger partial charge in [-0.05, 0) is 13.3 Å². The molecule has 0 saturated heterocycles. The summed E-state index contributed by atoms with van der Waals surface area (Å²) in [6.07, 6.45) is 3.93. The Balaban J connectivity index is 0.000000255. The number of fused-ring (bicyclic) bond motifs is 3. The van der Waals surface area contributed by atoms with Crippen LogP contribution in [0.25, 0.3) is 11.1 Å². The maximum atomic E-state index is 3.38. The molecule has 0 N–H and O–H groups in total. The summed E-state index contributed by atoms with van der Waals surface area (Å²) in [4.78, 5) is 0. The Hall–Kier alpha value is -0.877. The van der Waals surface area contributed by atoms with Crippen LogP contribution in [0.4, 0.5) is 0 Å². The van der Waals surface area contributed by atoms with Gasteiger partial charge in [-0.15, -0.1) is 5.56 Å². The third-order valence-corrected chi connectivity index (χ3v) is 5.38. The van der Waals surface area contributed by atoms with E-state index in [2.05, 4.69) is 50.2 Å². The first-order valence-electron chi connectivity index (χ1n) is 8.47. The zero-order valence-corrected chi connectivity index (χ0v) is 19.1. The summed E-state index contributed by atoms with van der Waals surface area (Å²) in [7, 11) is 0. The van der Waals surface area contributed by atoms with Crippen LogP contribution in [-0.2, 0) is 30.7 Å². The summed E-state index contributed by atoms with van der Waals surface area (Å²) < 4.78 is 1.76. The first-order valence-corrected chi connectivity index (χ1v) is 9.70. The quantitative estimate of drug-likeness (QED) is 0.313. The fourth-order valence-corrected chi connectivity index (χ4v) is 3.00. The van der Waals surface area contributed by atoms with Gasteiger partial charge in [-0.2, -0.15) is 47.5 Å². The Bertz CT molecular complexity index is 763. The number of aryl methyl sites for hydroxylation is 2. The molecule has 0 radical (unpaired) electrons. The molecule has 0 spiro atoms. The molecule has 0 bridgehead atoms. The maximum Gasteiger partial charge on any atom is -0.172 e. The molecule has 0 aliphatic heterocycles. The van der Waals surface area contributed by atoms with Gasteiger partial charge in [-0.25, -0.2) is 12.1 Å². The first kappa shape index (κ1) is 23.2. The van der Waals surface area contributed by atoms with E-state index in [0.717, 1.165) is 6.42 Å². The van der Waals surface area contributed by atoms with Crippen LogP contribution >= 0.6 is 0 Å². The molecule has 0 heterocycles. The van der Waals surface area contributed by atoms with Crippen LogP contribution in [0.15, 0.2) is 60.7 Å². The van der Waals surface area contributed by atoms with E-state index in [-0.39, 0.29) is 24.8 Å². The van der Waals surface area contributed by atoms with Crippen LogP contribution in [0.3, 0.4) is 0 Å². The van der Waals surface area contributed by atoms with E-state index >= 15 is 0 Å². The van der Waals surface area contributed by atoms with Crippen LogP contribution in [0.5, 0.6) is 0 Å². The fourth-order valence-electron chi connectivity index (χ4n) is 2.69. The van der Waals surface area contributed by atoms with E-state index in [4.69, 9.17) is 0 Å². The molecule has 3 heteroatoms. The van der Waals surface area contributed by atoms with Gasteiger partial charge in [0.15, 0.2) is 0 Å². The maximum absolute atomic E-state index is 3.38. The van der Waals surface area contributed by atoms with Crippen molar-refractivity contribution in [2.24, 2.45) is 0 Å². The van der Waals surface area contributed by atoms with Crippen molar-refractivity contribution >= 4 is 3.21 Å². The van der Waals surface area contributed by atoms with Gasteiger partial charge in [0, 0.05) is 0 Å². The largest absolute Gasteiger partial charge is 0.214 e. The minimum Gasteiger partial charge on any atom is -0.214 e. The Kier molecular flexibility index (Phi) is 9.87. The van der Waals surface area contributed by atoms with Gasteiger partial charge in [-0.3, -0.25) is 0 Å². The van der Waals surface area contributed by atoms with Crippen molar-refractivity contribution in [2.75, 3.05) is 0 Å². The average Bonchev–Trinajstić information content (AvgIpc) is 3.07. The van der Waals surface area contributed by atoms with Crippen LogP contribution in [0.1, 0.15) is 35.1 Å². The smallest absolute Gasteiger partial charge is 0.172 e. The summed E-state index contributed by atoms with van der Waals surface area (Å²) in [6.45, 7) is 4.28. The van der Waals surface area contributed by atoms with Crippen molar-refractivity contribution < 1.29 is 49.0 Å². The number of benzene rings is 2. The standard InChI is InChI=1S/C15H13.C5H5.C3H4.2ClH.Zr/c1-10-3-5-12-9-13-6-4-11(2)8-15(13)14(12)7-10;1-2-4-5-3-1;1-2-3-1;;;/h3-5,7-8H,9H2,1-2H3;1-5H;1-2H2;2*1H;/q2*-1;;;;+2/p-2. The second-order valence-corrected chi connectivity index (χ2v) is 8.21. The second-order valence-electron chi connectivity index (χ2n) is 6.47. The molecule has 1 saturated carbocycles. The third kappa shape index (κ3) is 6.69. The van der Waals surface area contributed by atoms with E-state index in [1.54, 1.807) is 27.4 Å². The van der Waals surface area contributed by atoms with Crippen molar-refractivity contribution in [1.82, 2.24) is 0 Å². The zero-order chi connectivity index (χ0) is 16.9. The normalized spacial score (nSPS) is 12.1. The molecule has 0 aromatic heterocycles. The number of rotatable bonds is 0. The molecular formula is C23H22Cl2Zr-2. The zero-order valence-electron chi connectivity index (χ0n) is 15.2. The minimum atomic E-state index is 0. The molecule has 1 fully saturated rings. The molecule has 5 rings (SSSR count). The van der Waals surface area contributed by atoms with E-state index < -0.39 is 0 Å². The Morgan fingerprint density at radius 2 is 1.54 bits per heavy atom. The van der Waals surface area contributed by atoms with Gasteiger partial charge in [0.25, 0.3) is 0 Å². The van der Waals surface area contributed by atoms with Gasteiger partial charge in [0.2, 0.25) is 0 Å². The summed E-state index contributed by atoms with van der Waals surface area (Å²) in [5.41, 5.74) is 8.21. The Morgan fingerprint density at radius 3 is 2.08 bits per heavy atom. The molecule has 3 aromatic carbocycles. The van der Waals surface area contributed by atoms with E-state index in [1.165, 1.54) is 46.2 Å². The van der Waals surface area contributed by atoms with Gasteiger partial charge in [-0.1, -0.05) is 41.8 Å². The van der Waals surface area contributed by atoms with Crippen molar-refractivity contribution in [3.05, 3.63) is 89.0 Å². The molecule has 2 aliphatic rings. The van der Waals surface area contributed by atoms with Crippen LogP contribution in [-0.4, -0.2) is 3.21 Å². The Labute approximate surface area is 184 Å². The predicted molar refractivity (Wildman–Crippen MR) is 99.3 cm³/mol. The molecule has 3 aromatic rings. The topological polar surface area (TPSA) is 0 Å². The molecule has 26 heavy (non-hydrogen) atoms. The van der Waals surface area contributed by atoms with E-state index in [9.17, 15) is 0 Å². The van der Waals surface area contributed by atoms with Crippen molar-refractivity contribution in [3.8, 4) is 11.1 Å². The third-order valence-electron chi connectivity index (χ3n) is 4.15. The van der Waals surface area contributed by atoms with Gasteiger partial charge < -0.3 is 24.8 Å². The first-order chi connectivity index (χ1) is 11.6. The molecule has 0 unspecified atom stereocenters. The van der Waals surface area contributed by atoms with Gasteiger partial charge >= 0.3 is 40.3 Å². The van der Waals surface area contributed by atoms with Crippen molar-refractivity contribution in [3.63, 3.8) is 0 Å². The number of hydrogen-bond acceptors (Lipinski definition) is 0. The van der Waals surface area contributed by atoms with Gasteiger partial charge in [0.05, 0.1) is 0 Å². The van der Waals surface area contributed by atoms with E-state index in [1.807, 2.05) is 30.3 Å². The minimum absolute atomic E-state index is 0. The van der Waals surface area contributed by atoms with Gasteiger partial charge in [0.1, 0.15) is 0 Å². The molecule has 134 valence electrons. The summed E-state index contributed by atoms with van der Waals surface area (Å²) >= 11 is 1.66. The average molecular weight is 461 g/mol. The molecule has 2 aliphatic carbocycles. The summed E-state index contributed by atoms with van der Waals surface area (Å²) in [6, 6.07) is 24.5. The predicted octanol–water partition coefficient (Wildman–Crippen LogP) is -0.412. The van der Waals surface area contributed by atoms with E-state index in [0.29, 0.717) is 0 Å². The number of halogens is 2. The molecule has 0 amide bonds. The molecule has 0 nitrogen and oxygen atoms in total. The SMILES string of the molecule is Cc1c[c-]c2c(c1)-c1cc(C)ccc1C2.[Cl-].[Cl-].[Zr+2]=[C]1CC1.c1cc[cH-]c1. The van der Waals surface area contributed by atoms with Crippen molar-refractivity contribution in [2.45, 2.75) is 33.1 Å². The monoisotopic (exact) mass is 458 g/mol. The summed E-state index contributed by atoms with van der Waals surface area (Å²) in [5, 5.41) is 0. The van der Waals surface area contributed by atoms with Crippen LogP contribution in [0, 0.1) is 19.9 Å². The van der Waals surface area contributed by atoms with Crippen molar-refractivity contribution in [1.29, 1.82) is 0 Å². The molecule has 0 atom stereocenters. The fraction of sp³-hybridized carbons (Fsp3) is 0.217. The summed E-state index contributed by atoms with van der Waals surface area (Å²) in [5.74, 6) is 0. The molecular weight excluding hydrogens is 438 g/mol. The van der Waals surface area contributed by atoms with Crippen LogP contribution in [0.2, 0.25) is 0 Å².